The van der Waals surface area contributed by atoms with Crippen LogP contribution in [0.4, 0.5) is 5.13 Å². The van der Waals surface area contributed by atoms with Crippen molar-refractivity contribution in [3.8, 4) is 0 Å². The lowest BCUT2D eigenvalue weighted by molar-refractivity contribution is 0.0732. The molecular weight excluding hydrogens is 346 g/mol. The second-order valence-corrected chi connectivity index (χ2v) is 7.96. The van der Waals surface area contributed by atoms with Crippen LogP contribution >= 0.6 is 11.3 Å². The van der Waals surface area contributed by atoms with Gasteiger partial charge in [0.05, 0.1) is 10.2 Å². The molecule has 0 saturated carbocycles. The van der Waals surface area contributed by atoms with Crippen molar-refractivity contribution in [3.63, 3.8) is 0 Å². The highest BCUT2D eigenvalue weighted by Crippen LogP contribution is 2.31. The van der Waals surface area contributed by atoms with Crippen LogP contribution in [-0.2, 0) is 0 Å². The summed E-state index contributed by atoms with van der Waals surface area (Å²) in [6, 6.07) is 8.28. The number of nitrogens with zero attached hydrogens (tertiary/aromatic N) is 5. The van der Waals surface area contributed by atoms with Crippen molar-refractivity contribution in [1.29, 1.82) is 0 Å². The van der Waals surface area contributed by atoms with E-state index in [0.717, 1.165) is 23.7 Å². The number of amides is 1. The Morgan fingerprint density at radius 1 is 1.15 bits per heavy atom. The number of piperazine rings is 1. The smallest absolute Gasteiger partial charge is 0.272 e. The van der Waals surface area contributed by atoms with Crippen LogP contribution in [0.3, 0.4) is 0 Å². The van der Waals surface area contributed by atoms with Crippen LogP contribution in [0.1, 0.15) is 35.9 Å². The minimum Gasteiger partial charge on any atom is -0.345 e. The Morgan fingerprint density at radius 3 is 2.62 bits per heavy atom. The zero-order chi connectivity index (χ0) is 18.3. The third-order valence-corrected chi connectivity index (χ3v) is 5.91. The van der Waals surface area contributed by atoms with Gasteiger partial charge >= 0.3 is 0 Å². The molecule has 7 heteroatoms. The summed E-state index contributed by atoms with van der Waals surface area (Å²) in [5.41, 5.74) is 2.97. The minimum atomic E-state index is 0.0657. The molecule has 0 aliphatic carbocycles. The maximum absolute atomic E-state index is 12.8. The van der Waals surface area contributed by atoms with Crippen molar-refractivity contribution < 1.29 is 4.79 Å². The highest BCUT2D eigenvalue weighted by atomic mass is 32.1. The van der Waals surface area contributed by atoms with Gasteiger partial charge < -0.3 is 9.80 Å². The summed E-state index contributed by atoms with van der Waals surface area (Å²) in [5.74, 6) is 0.0657. The average molecular weight is 369 g/mol. The Balaban J connectivity index is 1.47. The molecule has 1 aliphatic rings. The lowest BCUT2D eigenvalue weighted by Gasteiger charge is -2.34. The van der Waals surface area contributed by atoms with Gasteiger partial charge in [0, 0.05) is 38.4 Å². The van der Waals surface area contributed by atoms with Gasteiger partial charge in [0.1, 0.15) is 5.69 Å². The standard InChI is InChI=1S/C19H23N5OS/c1-13(2)24-15(7-8-20-24)18(25)22-9-11-23(12-10-22)19-21-17-14(3)5-4-6-16(17)26-19/h4-8,13H,9-12H2,1-3H3. The Bertz CT molecular complexity index is 936. The van der Waals surface area contributed by atoms with Gasteiger partial charge in [-0.3, -0.25) is 9.48 Å². The van der Waals surface area contributed by atoms with E-state index >= 15 is 0 Å². The second kappa shape index (κ2) is 6.72. The van der Waals surface area contributed by atoms with E-state index in [4.69, 9.17) is 4.98 Å². The Hall–Kier alpha value is -2.41. The molecule has 0 bridgehead atoms. The minimum absolute atomic E-state index is 0.0657. The normalized spacial score (nSPS) is 15.2. The first-order valence-corrected chi connectivity index (χ1v) is 9.80. The first-order valence-electron chi connectivity index (χ1n) is 8.98. The van der Waals surface area contributed by atoms with E-state index in [0.29, 0.717) is 18.8 Å². The summed E-state index contributed by atoms with van der Waals surface area (Å²) < 4.78 is 3.02. The number of hydrogen-bond donors (Lipinski definition) is 0. The van der Waals surface area contributed by atoms with Crippen LogP contribution in [-0.4, -0.2) is 51.8 Å². The van der Waals surface area contributed by atoms with Crippen LogP contribution in [0.2, 0.25) is 0 Å². The fraction of sp³-hybridized carbons (Fsp3) is 0.421. The van der Waals surface area contributed by atoms with E-state index < -0.39 is 0 Å². The summed E-state index contributed by atoms with van der Waals surface area (Å²) in [5, 5.41) is 5.33. The summed E-state index contributed by atoms with van der Waals surface area (Å²) in [6.07, 6.45) is 1.70. The van der Waals surface area contributed by atoms with Crippen LogP contribution in [0.15, 0.2) is 30.5 Å². The number of aryl methyl sites for hydroxylation is 1. The zero-order valence-corrected chi connectivity index (χ0v) is 16.2. The van der Waals surface area contributed by atoms with Crippen molar-refractivity contribution >= 4 is 32.6 Å². The average Bonchev–Trinajstić information content (AvgIpc) is 3.29. The van der Waals surface area contributed by atoms with E-state index in [1.54, 1.807) is 22.2 Å². The number of rotatable bonds is 3. The molecule has 0 N–H and O–H groups in total. The van der Waals surface area contributed by atoms with Gasteiger partial charge in [-0.05, 0) is 38.5 Å². The second-order valence-electron chi connectivity index (χ2n) is 6.95. The Morgan fingerprint density at radius 2 is 1.92 bits per heavy atom. The number of fused-ring (bicyclic) bond motifs is 1. The topological polar surface area (TPSA) is 54.3 Å². The number of carbonyl (C=O) groups is 1. The summed E-state index contributed by atoms with van der Waals surface area (Å²) in [6.45, 7) is 9.20. The molecule has 1 aliphatic heterocycles. The van der Waals surface area contributed by atoms with Crippen molar-refractivity contribution in [3.05, 3.63) is 41.7 Å². The van der Waals surface area contributed by atoms with Crippen LogP contribution in [0.25, 0.3) is 10.2 Å². The molecular formula is C19H23N5OS. The molecule has 0 atom stereocenters. The molecule has 26 heavy (non-hydrogen) atoms. The van der Waals surface area contributed by atoms with Crippen LogP contribution in [0, 0.1) is 6.92 Å². The number of thiazole rings is 1. The van der Waals surface area contributed by atoms with Crippen LogP contribution < -0.4 is 4.90 Å². The van der Waals surface area contributed by atoms with E-state index in [1.165, 1.54) is 10.3 Å². The maximum Gasteiger partial charge on any atom is 0.272 e. The molecule has 136 valence electrons. The van der Waals surface area contributed by atoms with Gasteiger partial charge in [-0.1, -0.05) is 23.5 Å². The molecule has 6 nitrogen and oxygen atoms in total. The largest absolute Gasteiger partial charge is 0.345 e. The first kappa shape index (κ1) is 17.0. The molecule has 2 aromatic heterocycles. The molecule has 3 aromatic rings. The summed E-state index contributed by atoms with van der Waals surface area (Å²) in [4.78, 5) is 21.9. The Kier molecular flexibility index (Phi) is 4.40. The number of para-hydroxylation sites is 1. The quantitative estimate of drug-likeness (QED) is 0.710. The third-order valence-electron chi connectivity index (χ3n) is 4.83. The number of benzene rings is 1. The van der Waals surface area contributed by atoms with Crippen LogP contribution in [0.5, 0.6) is 0 Å². The first-order chi connectivity index (χ1) is 12.5. The number of anilines is 1. The zero-order valence-electron chi connectivity index (χ0n) is 15.3. The SMILES string of the molecule is Cc1cccc2sc(N3CCN(C(=O)c4ccnn4C(C)C)CC3)nc12. The highest BCUT2D eigenvalue weighted by molar-refractivity contribution is 7.22. The third kappa shape index (κ3) is 2.96. The van der Waals surface area contributed by atoms with Gasteiger partial charge in [0.15, 0.2) is 5.13 Å². The van der Waals surface area contributed by atoms with E-state index in [1.807, 2.05) is 24.8 Å². The van der Waals surface area contributed by atoms with Crippen molar-refractivity contribution in [2.24, 2.45) is 0 Å². The van der Waals surface area contributed by atoms with Crippen molar-refractivity contribution in [1.82, 2.24) is 19.7 Å². The predicted octanol–water partition coefficient (Wildman–Crippen LogP) is 3.34. The van der Waals surface area contributed by atoms with Crippen molar-refractivity contribution in [2.75, 3.05) is 31.1 Å². The van der Waals surface area contributed by atoms with Gasteiger partial charge in [-0.25, -0.2) is 4.98 Å². The maximum atomic E-state index is 12.8. The van der Waals surface area contributed by atoms with E-state index in [9.17, 15) is 4.79 Å². The molecule has 4 rings (SSSR count). The van der Waals surface area contributed by atoms with Gasteiger partial charge in [-0.2, -0.15) is 5.10 Å². The Labute approximate surface area is 157 Å². The molecule has 0 spiro atoms. The fourth-order valence-electron chi connectivity index (χ4n) is 3.37. The number of hydrogen-bond acceptors (Lipinski definition) is 5. The molecule has 3 heterocycles. The van der Waals surface area contributed by atoms with Gasteiger partial charge in [-0.15, -0.1) is 0 Å². The lowest BCUT2D eigenvalue weighted by atomic mass is 10.2. The predicted molar refractivity (Wildman–Crippen MR) is 105 cm³/mol. The monoisotopic (exact) mass is 369 g/mol. The molecule has 0 unspecified atom stereocenters. The number of aromatic nitrogens is 3. The molecule has 0 radical (unpaired) electrons. The van der Waals surface area contributed by atoms with Crippen molar-refractivity contribution in [2.45, 2.75) is 26.8 Å². The van der Waals surface area contributed by atoms with Gasteiger partial charge in [0.2, 0.25) is 0 Å². The molecule has 1 fully saturated rings. The van der Waals surface area contributed by atoms with E-state index in [2.05, 4.69) is 35.1 Å². The lowest BCUT2D eigenvalue weighted by Crippen LogP contribution is -2.49. The summed E-state index contributed by atoms with van der Waals surface area (Å²) >= 11 is 1.73. The highest BCUT2D eigenvalue weighted by Gasteiger charge is 2.26. The fourth-order valence-corrected chi connectivity index (χ4v) is 4.46. The molecule has 1 aromatic carbocycles. The number of carbonyl (C=O) groups excluding carboxylic acids is 1. The molecule has 1 amide bonds. The van der Waals surface area contributed by atoms with Gasteiger partial charge in [0.25, 0.3) is 5.91 Å². The summed E-state index contributed by atoms with van der Waals surface area (Å²) in [7, 11) is 0. The van der Waals surface area contributed by atoms with E-state index in [-0.39, 0.29) is 11.9 Å². The molecule has 1 saturated heterocycles.